The molecule has 0 aromatic carbocycles. The molecule has 0 radical (unpaired) electrons. The molecule has 1 N–H and O–H groups in total. The zero-order valence-electron chi connectivity index (χ0n) is 9.23. The summed E-state index contributed by atoms with van der Waals surface area (Å²) in [5.41, 5.74) is 1.08. The second kappa shape index (κ2) is 5.49. The van der Waals surface area contributed by atoms with Gasteiger partial charge in [0.25, 0.3) is 0 Å². The molecule has 1 rings (SSSR count). The molecule has 1 atom stereocenters. The van der Waals surface area contributed by atoms with Gasteiger partial charge in [0.1, 0.15) is 0 Å². The van der Waals surface area contributed by atoms with E-state index in [9.17, 15) is 4.79 Å². The summed E-state index contributed by atoms with van der Waals surface area (Å²) in [7, 11) is 0. The van der Waals surface area contributed by atoms with Crippen LogP contribution in [-0.2, 0) is 0 Å². The first-order valence-corrected chi connectivity index (χ1v) is 5.38. The number of hydrogen-bond acceptors (Lipinski definition) is 2. The highest BCUT2D eigenvalue weighted by Gasteiger charge is 2.17. The lowest BCUT2D eigenvalue weighted by atomic mass is 9.91. The minimum atomic E-state index is -0.930. The first-order valence-electron chi connectivity index (χ1n) is 5.38. The maximum Gasteiger partial charge on any atom is 0.354 e. The molecule has 82 valence electrons. The van der Waals surface area contributed by atoms with Crippen molar-refractivity contribution in [2.45, 2.75) is 39.0 Å². The molecule has 15 heavy (non-hydrogen) atoms. The van der Waals surface area contributed by atoms with Gasteiger partial charge in [0.2, 0.25) is 0 Å². The van der Waals surface area contributed by atoms with E-state index in [1.165, 1.54) is 6.20 Å². The molecule has 3 heteroatoms. The van der Waals surface area contributed by atoms with Gasteiger partial charge < -0.3 is 5.11 Å². The van der Waals surface area contributed by atoms with E-state index >= 15 is 0 Å². The summed E-state index contributed by atoms with van der Waals surface area (Å²) in [4.78, 5) is 14.9. The van der Waals surface area contributed by atoms with Gasteiger partial charge in [0.05, 0.1) is 0 Å². The first kappa shape index (κ1) is 11.7. The Morgan fingerprint density at radius 1 is 1.53 bits per heavy atom. The Kier molecular flexibility index (Phi) is 4.28. The fraction of sp³-hybridized carbons (Fsp3) is 0.500. The summed E-state index contributed by atoms with van der Waals surface area (Å²) in [6, 6.07) is 3.68. The number of carbonyl (C=O) groups is 1. The van der Waals surface area contributed by atoms with Crippen LogP contribution in [0.4, 0.5) is 0 Å². The fourth-order valence-corrected chi connectivity index (χ4v) is 1.85. The average Bonchev–Trinajstić information content (AvgIpc) is 2.26. The third-order valence-corrected chi connectivity index (χ3v) is 2.61. The van der Waals surface area contributed by atoms with Gasteiger partial charge in [-0.1, -0.05) is 26.3 Å². The second-order valence-electron chi connectivity index (χ2n) is 3.64. The van der Waals surface area contributed by atoms with Crippen molar-refractivity contribution >= 4 is 5.97 Å². The van der Waals surface area contributed by atoms with E-state index in [0.717, 1.165) is 24.8 Å². The molecular formula is C12H17NO2. The lowest BCUT2D eigenvalue weighted by Crippen LogP contribution is -2.09. The van der Waals surface area contributed by atoms with Gasteiger partial charge in [0, 0.05) is 6.20 Å². The van der Waals surface area contributed by atoms with Crippen molar-refractivity contribution in [3.8, 4) is 0 Å². The summed E-state index contributed by atoms with van der Waals surface area (Å²) < 4.78 is 0. The zero-order chi connectivity index (χ0) is 11.3. The summed E-state index contributed by atoms with van der Waals surface area (Å²) in [6.45, 7) is 4.19. The van der Waals surface area contributed by atoms with Crippen LogP contribution < -0.4 is 0 Å². The summed E-state index contributed by atoms with van der Waals surface area (Å²) in [5.74, 6) is -0.616. The Balaban J connectivity index is 3.04. The van der Waals surface area contributed by atoms with E-state index in [1.807, 2.05) is 6.07 Å². The fourth-order valence-electron chi connectivity index (χ4n) is 1.85. The smallest absolute Gasteiger partial charge is 0.354 e. The summed E-state index contributed by atoms with van der Waals surface area (Å²) >= 11 is 0. The number of hydrogen-bond donors (Lipinski definition) is 1. The first-order chi connectivity index (χ1) is 7.20. The van der Waals surface area contributed by atoms with Gasteiger partial charge in [-0.3, -0.25) is 0 Å². The highest BCUT2D eigenvalue weighted by molar-refractivity contribution is 5.87. The van der Waals surface area contributed by atoms with Gasteiger partial charge in [-0.25, -0.2) is 9.78 Å². The monoisotopic (exact) mass is 207 g/mol. The quantitative estimate of drug-likeness (QED) is 0.807. The Hall–Kier alpha value is -1.38. The average molecular weight is 207 g/mol. The van der Waals surface area contributed by atoms with E-state index in [1.54, 1.807) is 6.07 Å². The van der Waals surface area contributed by atoms with Crippen molar-refractivity contribution in [1.82, 2.24) is 4.98 Å². The van der Waals surface area contributed by atoms with Crippen LogP contribution in [0.3, 0.4) is 0 Å². The van der Waals surface area contributed by atoms with Crippen LogP contribution in [0.2, 0.25) is 0 Å². The molecule has 0 aliphatic carbocycles. The third kappa shape index (κ3) is 2.78. The van der Waals surface area contributed by atoms with E-state index in [4.69, 9.17) is 5.11 Å². The summed E-state index contributed by atoms with van der Waals surface area (Å²) in [5, 5.41) is 9.02. The van der Waals surface area contributed by atoms with Crippen molar-refractivity contribution in [1.29, 1.82) is 0 Å². The van der Waals surface area contributed by atoms with Crippen LogP contribution in [-0.4, -0.2) is 16.1 Å². The number of pyridine rings is 1. The predicted octanol–water partition coefficient (Wildman–Crippen LogP) is 3.07. The lowest BCUT2D eigenvalue weighted by Gasteiger charge is -2.15. The van der Waals surface area contributed by atoms with Crippen LogP contribution in [0.5, 0.6) is 0 Å². The minimum Gasteiger partial charge on any atom is -0.477 e. The number of nitrogens with zero attached hydrogens (tertiary/aromatic N) is 1. The largest absolute Gasteiger partial charge is 0.477 e. The van der Waals surface area contributed by atoms with Gasteiger partial charge in [-0.15, -0.1) is 0 Å². The zero-order valence-corrected chi connectivity index (χ0v) is 9.23. The molecule has 0 fully saturated rings. The van der Waals surface area contributed by atoms with Crippen LogP contribution in [0.1, 0.15) is 55.1 Å². The molecule has 0 saturated heterocycles. The van der Waals surface area contributed by atoms with E-state index < -0.39 is 5.97 Å². The molecule has 0 saturated carbocycles. The molecule has 0 amide bonds. The number of carboxylic acids is 1. The van der Waals surface area contributed by atoms with Gasteiger partial charge in [0.15, 0.2) is 5.69 Å². The number of rotatable bonds is 5. The van der Waals surface area contributed by atoms with Crippen LogP contribution in [0.25, 0.3) is 0 Å². The number of aromatic carboxylic acids is 1. The van der Waals surface area contributed by atoms with Crippen molar-refractivity contribution in [2.24, 2.45) is 0 Å². The Bertz CT molecular complexity index is 336. The number of aromatic nitrogens is 1. The second-order valence-corrected chi connectivity index (χ2v) is 3.64. The molecular weight excluding hydrogens is 190 g/mol. The normalized spacial score (nSPS) is 12.4. The van der Waals surface area contributed by atoms with E-state index in [2.05, 4.69) is 18.8 Å². The van der Waals surface area contributed by atoms with Gasteiger partial charge >= 0.3 is 5.97 Å². The molecule has 3 nitrogen and oxygen atoms in total. The molecule has 0 spiro atoms. The Morgan fingerprint density at radius 2 is 2.27 bits per heavy atom. The molecule has 0 aliphatic rings. The van der Waals surface area contributed by atoms with E-state index in [-0.39, 0.29) is 5.69 Å². The molecule has 0 aliphatic heterocycles. The number of carboxylic acid groups (broad SMARTS) is 1. The SMILES string of the molecule is CCCC(CC)c1cccnc1C(=O)O. The van der Waals surface area contributed by atoms with E-state index in [0.29, 0.717) is 5.92 Å². The lowest BCUT2D eigenvalue weighted by molar-refractivity contribution is 0.0688. The van der Waals surface area contributed by atoms with Crippen LogP contribution in [0.15, 0.2) is 18.3 Å². The standard InChI is InChI=1S/C12H17NO2/c1-3-6-9(4-2)10-7-5-8-13-11(10)12(14)15/h5,7-9H,3-4,6H2,1-2H3,(H,14,15). The topological polar surface area (TPSA) is 50.2 Å². The minimum absolute atomic E-state index is 0.206. The molecule has 1 aromatic heterocycles. The van der Waals surface area contributed by atoms with Gasteiger partial charge in [-0.05, 0) is 30.4 Å². The van der Waals surface area contributed by atoms with Crippen molar-refractivity contribution in [3.63, 3.8) is 0 Å². The predicted molar refractivity (Wildman–Crippen MR) is 59.1 cm³/mol. The third-order valence-electron chi connectivity index (χ3n) is 2.61. The Labute approximate surface area is 90.2 Å². The molecule has 1 unspecified atom stereocenters. The molecule has 0 bridgehead atoms. The summed E-state index contributed by atoms with van der Waals surface area (Å²) in [6.07, 6.45) is 4.57. The molecule has 1 aromatic rings. The molecule has 1 heterocycles. The van der Waals surface area contributed by atoms with Crippen molar-refractivity contribution in [2.75, 3.05) is 0 Å². The van der Waals surface area contributed by atoms with Crippen molar-refractivity contribution < 1.29 is 9.90 Å². The van der Waals surface area contributed by atoms with Crippen LogP contribution in [0, 0.1) is 0 Å². The maximum atomic E-state index is 11.0. The highest BCUT2D eigenvalue weighted by atomic mass is 16.4. The van der Waals surface area contributed by atoms with Crippen molar-refractivity contribution in [3.05, 3.63) is 29.6 Å². The van der Waals surface area contributed by atoms with Gasteiger partial charge in [-0.2, -0.15) is 0 Å². The Morgan fingerprint density at radius 3 is 2.80 bits per heavy atom. The van der Waals surface area contributed by atoms with Crippen LogP contribution >= 0.6 is 0 Å². The highest BCUT2D eigenvalue weighted by Crippen LogP contribution is 2.26. The maximum absolute atomic E-state index is 11.0.